The first-order valence-corrected chi connectivity index (χ1v) is 2.07. The van der Waals surface area contributed by atoms with Gasteiger partial charge in [-0.1, -0.05) is 0 Å². The Hall–Kier alpha value is -0.920. The monoisotopic (exact) mass is 96.0 g/mol. The predicted octanol–water partition coefficient (Wildman–Crippen LogP) is 1.12. The molecule has 1 aromatic rings. The lowest BCUT2D eigenvalue weighted by Crippen LogP contribution is -1.81. The summed E-state index contributed by atoms with van der Waals surface area (Å²) in [4.78, 5) is 0. The van der Waals surface area contributed by atoms with E-state index in [1.807, 2.05) is 0 Å². The highest BCUT2D eigenvalue weighted by atomic mass is 16.3. The Labute approximate surface area is 42.1 Å². The van der Waals surface area contributed by atoms with Gasteiger partial charge < -0.3 is 9.73 Å². The minimum absolute atomic E-state index is 0.750. The molecule has 0 aliphatic rings. The summed E-state index contributed by atoms with van der Waals surface area (Å²) in [6.45, 7) is 0. The summed E-state index contributed by atoms with van der Waals surface area (Å²) in [5, 5.41) is 2.81. The quantitative estimate of drug-likeness (QED) is 0.566. The molecule has 2 heteroatoms. The zero-order valence-electron chi connectivity index (χ0n) is 4.06. The molecule has 0 aliphatic carbocycles. The standard InChI is InChI=1S/C5H6NO/c1-6-5-3-2-4-7-5/h2-3,6H,1H3. The van der Waals surface area contributed by atoms with E-state index >= 15 is 0 Å². The molecule has 0 saturated heterocycles. The molecule has 0 bridgehead atoms. The van der Waals surface area contributed by atoms with Crippen molar-refractivity contribution in [1.29, 1.82) is 0 Å². The Morgan fingerprint density at radius 3 is 3.00 bits per heavy atom. The lowest BCUT2D eigenvalue weighted by molar-refractivity contribution is 0.574. The average molecular weight is 96.1 g/mol. The maximum absolute atomic E-state index is 4.75. The summed E-state index contributed by atoms with van der Waals surface area (Å²) in [5.41, 5.74) is 0. The number of anilines is 1. The third-order valence-electron chi connectivity index (χ3n) is 0.718. The van der Waals surface area contributed by atoms with Crippen LogP contribution in [0.5, 0.6) is 0 Å². The molecule has 1 aromatic heterocycles. The van der Waals surface area contributed by atoms with E-state index in [0.29, 0.717) is 0 Å². The van der Waals surface area contributed by atoms with Gasteiger partial charge >= 0.3 is 0 Å². The van der Waals surface area contributed by atoms with Crippen molar-refractivity contribution in [2.24, 2.45) is 0 Å². The van der Waals surface area contributed by atoms with E-state index in [-0.39, 0.29) is 0 Å². The predicted molar refractivity (Wildman–Crippen MR) is 27.1 cm³/mol. The minimum atomic E-state index is 0.750. The van der Waals surface area contributed by atoms with Crippen molar-refractivity contribution in [1.82, 2.24) is 0 Å². The third kappa shape index (κ3) is 0.738. The zero-order valence-corrected chi connectivity index (χ0v) is 4.06. The number of hydrogen-bond acceptors (Lipinski definition) is 2. The smallest absolute Gasteiger partial charge is 0.193 e. The molecular weight excluding hydrogens is 90.1 g/mol. The van der Waals surface area contributed by atoms with Gasteiger partial charge in [0.2, 0.25) is 0 Å². The van der Waals surface area contributed by atoms with Crippen LogP contribution in [0.4, 0.5) is 5.88 Å². The van der Waals surface area contributed by atoms with Crippen molar-refractivity contribution >= 4 is 5.88 Å². The van der Waals surface area contributed by atoms with Gasteiger partial charge in [0.05, 0.1) is 0 Å². The maximum atomic E-state index is 4.75. The molecule has 0 aliphatic heterocycles. The Morgan fingerprint density at radius 1 is 1.86 bits per heavy atom. The van der Waals surface area contributed by atoms with Crippen molar-refractivity contribution in [3.05, 3.63) is 18.4 Å². The molecule has 2 nitrogen and oxygen atoms in total. The zero-order chi connectivity index (χ0) is 5.11. The van der Waals surface area contributed by atoms with E-state index < -0.39 is 0 Å². The van der Waals surface area contributed by atoms with E-state index in [0.717, 1.165) is 5.88 Å². The molecule has 1 radical (unpaired) electrons. The fraction of sp³-hybridized carbons (Fsp3) is 0.200. The lowest BCUT2D eigenvalue weighted by Gasteiger charge is -1.85. The number of hydrogen-bond donors (Lipinski definition) is 1. The van der Waals surface area contributed by atoms with Gasteiger partial charge in [-0.2, -0.15) is 0 Å². The molecule has 0 amide bonds. The van der Waals surface area contributed by atoms with Crippen LogP contribution in [0.1, 0.15) is 0 Å². The molecule has 1 rings (SSSR count). The fourth-order valence-corrected chi connectivity index (χ4v) is 0.376. The second kappa shape index (κ2) is 1.69. The van der Waals surface area contributed by atoms with E-state index in [1.54, 1.807) is 19.2 Å². The van der Waals surface area contributed by atoms with Crippen LogP contribution in [-0.4, -0.2) is 7.05 Å². The van der Waals surface area contributed by atoms with Crippen LogP contribution in [0, 0.1) is 6.26 Å². The average Bonchev–Trinajstić information content (AvgIpc) is 2.14. The summed E-state index contributed by atoms with van der Waals surface area (Å²) < 4.78 is 4.75. The van der Waals surface area contributed by atoms with Crippen LogP contribution in [0.15, 0.2) is 16.5 Å². The molecule has 0 unspecified atom stereocenters. The lowest BCUT2D eigenvalue weighted by atomic mass is 10.6. The van der Waals surface area contributed by atoms with Crippen molar-refractivity contribution in [2.45, 2.75) is 0 Å². The topological polar surface area (TPSA) is 25.2 Å². The number of rotatable bonds is 1. The summed E-state index contributed by atoms with van der Waals surface area (Å²) in [6.07, 6.45) is 2.54. The van der Waals surface area contributed by atoms with Crippen LogP contribution in [0.3, 0.4) is 0 Å². The first-order valence-electron chi connectivity index (χ1n) is 2.07. The summed E-state index contributed by atoms with van der Waals surface area (Å²) in [6, 6.07) is 3.52. The minimum Gasteiger partial charge on any atom is -0.438 e. The molecule has 0 spiro atoms. The normalized spacial score (nSPS) is 8.71. The highest BCUT2D eigenvalue weighted by molar-refractivity contribution is 5.27. The van der Waals surface area contributed by atoms with Crippen molar-refractivity contribution < 1.29 is 4.42 Å². The van der Waals surface area contributed by atoms with Gasteiger partial charge in [0.25, 0.3) is 0 Å². The fourth-order valence-electron chi connectivity index (χ4n) is 0.376. The van der Waals surface area contributed by atoms with E-state index in [2.05, 4.69) is 11.6 Å². The van der Waals surface area contributed by atoms with Gasteiger partial charge in [-0.3, -0.25) is 0 Å². The highest BCUT2D eigenvalue weighted by Crippen LogP contribution is 2.02. The van der Waals surface area contributed by atoms with E-state index in [1.165, 1.54) is 0 Å². The molecular formula is C5H6NO. The van der Waals surface area contributed by atoms with Crippen molar-refractivity contribution in [3.8, 4) is 0 Å². The van der Waals surface area contributed by atoms with Gasteiger partial charge in [-0.25, -0.2) is 0 Å². The Bertz CT molecular complexity index is 123. The largest absolute Gasteiger partial charge is 0.438 e. The van der Waals surface area contributed by atoms with Gasteiger partial charge in [0, 0.05) is 13.1 Å². The molecule has 1 heterocycles. The second-order valence-electron chi connectivity index (χ2n) is 1.17. The second-order valence-corrected chi connectivity index (χ2v) is 1.17. The van der Waals surface area contributed by atoms with Crippen LogP contribution >= 0.6 is 0 Å². The Kier molecular flexibility index (Phi) is 1.02. The van der Waals surface area contributed by atoms with Gasteiger partial charge in [0.15, 0.2) is 12.1 Å². The van der Waals surface area contributed by atoms with Crippen LogP contribution in [0.25, 0.3) is 0 Å². The third-order valence-corrected chi connectivity index (χ3v) is 0.718. The molecule has 7 heavy (non-hydrogen) atoms. The van der Waals surface area contributed by atoms with Crippen LogP contribution in [0.2, 0.25) is 0 Å². The van der Waals surface area contributed by atoms with Crippen LogP contribution in [-0.2, 0) is 0 Å². The molecule has 0 saturated carbocycles. The number of furan rings is 1. The Morgan fingerprint density at radius 2 is 2.71 bits per heavy atom. The molecule has 1 N–H and O–H groups in total. The van der Waals surface area contributed by atoms with E-state index in [4.69, 9.17) is 4.42 Å². The van der Waals surface area contributed by atoms with Crippen molar-refractivity contribution in [2.75, 3.05) is 12.4 Å². The van der Waals surface area contributed by atoms with E-state index in [9.17, 15) is 0 Å². The molecule has 0 aromatic carbocycles. The highest BCUT2D eigenvalue weighted by Gasteiger charge is 1.83. The van der Waals surface area contributed by atoms with Crippen LogP contribution < -0.4 is 5.32 Å². The first-order chi connectivity index (χ1) is 3.43. The van der Waals surface area contributed by atoms with Gasteiger partial charge in [-0.15, -0.1) is 0 Å². The molecule has 37 valence electrons. The Balaban J connectivity index is 2.76. The molecule has 0 atom stereocenters. The number of nitrogens with one attached hydrogen (secondary N) is 1. The summed E-state index contributed by atoms with van der Waals surface area (Å²) in [5.74, 6) is 0.750. The SMILES string of the molecule is CNc1cc[c]o1. The van der Waals surface area contributed by atoms with Gasteiger partial charge in [-0.05, 0) is 6.07 Å². The summed E-state index contributed by atoms with van der Waals surface area (Å²) >= 11 is 0. The molecule has 0 fully saturated rings. The summed E-state index contributed by atoms with van der Waals surface area (Å²) in [7, 11) is 1.80. The van der Waals surface area contributed by atoms with Gasteiger partial charge in [0.1, 0.15) is 0 Å². The van der Waals surface area contributed by atoms with Crippen molar-refractivity contribution in [3.63, 3.8) is 0 Å². The maximum Gasteiger partial charge on any atom is 0.193 e. The first kappa shape index (κ1) is 4.24.